The summed E-state index contributed by atoms with van der Waals surface area (Å²) in [5.74, 6) is 1.62. The molecule has 5 aromatic rings. The van der Waals surface area contributed by atoms with E-state index in [2.05, 4.69) is 10.2 Å². The Kier molecular flexibility index (Phi) is 5.53. The fourth-order valence-corrected chi connectivity index (χ4v) is 5.49. The van der Waals surface area contributed by atoms with Gasteiger partial charge in [-0.15, -0.1) is 21.5 Å². The second-order valence-electron chi connectivity index (χ2n) is 7.25. The average Bonchev–Trinajstić information content (AvgIpc) is 3.45. The van der Waals surface area contributed by atoms with E-state index in [4.69, 9.17) is 9.72 Å². The van der Waals surface area contributed by atoms with Crippen molar-refractivity contribution in [2.45, 2.75) is 23.9 Å². The number of para-hydroxylation sites is 1. The highest BCUT2D eigenvalue weighted by atomic mass is 32.2. The van der Waals surface area contributed by atoms with Crippen LogP contribution < -0.4 is 11.1 Å². The Morgan fingerprint density at radius 2 is 1.97 bits per heavy atom. The Labute approximate surface area is 190 Å². The predicted molar refractivity (Wildman–Crippen MR) is 126 cm³/mol. The van der Waals surface area contributed by atoms with Gasteiger partial charge in [-0.05, 0) is 30.0 Å². The first-order chi connectivity index (χ1) is 15.6. The molecule has 0 radical (unpaired) electrons. The second kappa shape index (κ2) is 8.49. The first-order valence-electron chi connectivity index (χ1n) is 10.0. The summed E-state index contributed by atoms with van der Waals surface area (Å²) in [7, 11) is 3.34. The molecule has 0 saturated heterocycles. The van der Waals surface area contributed by atoms with Gasteiger partial charge >= 0.3 is 0 Å². The third kappa shape index (κ3) is 3.42. The van der Waals surface area contributed by atoms with Crippen molar-refractivity contribution in [3.8, 4) is 0 Å². The predicted octanol–water partition coefficient (Wildman–Crippen LogP) is 2.68. The zero-order valence-electron chi connectivity index (χ0n) is 17.5. The molecular formula is C21H20N6O3S2. The molecule has 0 saturated carbocycles. The lowest BCUT2D eigenvalue weighted by molar-refractivity contribution is 0.189. The molecule has 9 nitrogen and oxygen atoms in total. The van der Waals surface area contributed by atoms with Crippen molar-refractivity contribution in [3.05, 3.63) is 62.2 Å². The largest absolute Gasteiger partial charge is 0.385 e. The van der Waals surface area contributed by atoms with Gasteiger partial charge in [0, 0.05) is 27.3 Å². The van der Waals surface area contributed by atoms with E-state index < -0.39 is 0 Å². The summed E-state index contributed by atoms with van der Waals surface area (Å²) in [5, 5.41) is 11.7. The highest BCUT2D eigenvalue weighted by Gasteiger charge is 2.17. The van der Waals surface area contributed by atoms with E-state index in [1.54, 1.807) is 24.8 Å². The number of hydrogen-bond acceptors (Lipinski definition) is 8. The summed E-state index contributed by atoms with van der Waals surface area (Å²) < 4.78 is 10.9. The van der Waals surface area contributed by atoms with Gasteiger partial charge < -0.3 is 4.74 Å². The molecule has 0 aliphatic rings. The highest BCUT2D eigenvalue weighted by molar-refractivity contribution is 7.98. The fraction of sp³-hybridized carbons (Fsp3) is 0.286. The van der Waals surface area contributed by atoms with Gasteiger partial charge in [-0.3, -0.25) is 23.1 Å². The van der Waals surface area contributed by atoms with Crippen LogP contribution in [0.4, 0.5) is 0 Å². The Balaban J connectivity index is 1.57. The lowest BCUT2D eigenvalue weighted by Gasteiger charge is -2.13. The van der Waals surface area contributed by atoms with E-state index in [-0.39, 0.29) is 11.1 Å². The van der Waals surface area contributed by atoms with E-state index in [0.717, 1.165) is 5.52 Å². The molecule has 164 valence electrons. The van der Waals surface area contributed by atoms with Gasteiger partial charge in [0.1, 0.15) is 10.5 Å². The molecule has 0 atom stereocenters. The number of aryl methyl sites for hydroxylation is 1. The summed E-state index contributed by atoms with van der Waals surface area (Å²) in [5.41, 5.74) is 1.30. The third-order valence-corrected chi connectivity index (χ3v) is 7.15. The number of rotatable bonds is 7. The number of aromatic nitrogens is 6. The number of fused-ring (bicyclic) bond motifs is 4. The zero-order chi connectivity index (χ0) is 22.2. The molecule has 11 heteroatoms. The maximum absolute atomic E-state index is 13.1. The number of methoxy groups -OCH3 is 1. The molecule has 0 N–H and O–H groups in total. The third-order valence-electron chi connectivity index (χ3n) is 5.28. The molecule has 5 rings (SSSR count). The van der Waals surface area contributed by atoms with E-state index in [1.165, 1.54) is 27.7 Å². The van der Waals surface area contributed by atoms with Crippen molar-refractivity contribution in [2.24, 2.45) is 7.05 Å². The van der Waals surface area contributed by atoms with Crippen molar-refractivity contribution in [2.75, 3.05) is 13.7 Å². The van der Waals surface area contributed by atoms with Crippen LogP contribution in [0.5, 0.6) is 0 Å². The number of ether oxygens (including phenoxy) is 1. The lowest BCUT2D eigenvalue weighted by atomic mass is 10.2. The minimum Gasteiger partial charge on any atom is -0.385 e. The summed E-state index contributed by atoms with van der Waals surface area (Å²) in [6.45, 7) is 1.07. The summed E-state index contributed by atoms with van der Waals surface area (Å²) >= 11 is 2.83. The Hall–Kier alpha value is -3.02. The number of thioether (sulfide) groups is 1. The van der Waals surface area contributed by atoms with Crippen molar-refractivity contribution in [3.63, 3.8) is 0 Å². The quantitative estimate of drug-likeness (QED) is 0.206. The lowest BCUT2D eigenvalue weighted by Crippen LogP contribution is -2.24. The number of hydrogen-bond donors (Lipinski definition) is 0. The van der Waals surface area contributed by atoms with Crippen molar-refractivity contribution < 1.29 is 4.74 Å². The maximum Gasteiger partial charge on any atom is 0.272 e. The molecule has 4 heterocycles. The molecule has 0 bridgehead atoms. The van der Waals surface area contributed by atoms with Crippen LogP contribution in [0, 0.1) is 0 Å². The normalized spacial score (nSPS) is 11.8. The molecule has 0 spiro atoms. The van der Waals surface area contributed by atoms with Crippen LogP contribution in [0.15, 0.2) is 50.5 Å². The van der Waals surface area contributed by atoms with Gasteiger partial charge in [-0.2, -0.15) is 0 Å². The van der Waals surface area contributed by atoms with Crippen LogP contribution in [0.1, 0.15) is 12.2 Å². The topological polar surface area (TPSA) is 96.3 Å². The number of benzene rings is 1. The van der Waals surface area contributed by atoms with Crippen LogP contribution in [0.2, 0.25) is 0 Å². The first-order valence-corrected chi connectivity index (χ1v) is 11.9. The van der Waals surface area contributed by atoms with Crippen molar-refractivity contribution >= 4 is 50.0 Å². The van der Waals surface area contributed by atoms with Gasteiger partial charge in [0.2, 0.25) is 5.78 Å². The van der Waals surface area contributed by atoms with Gasteiger partial charge in [-0.1, -0.05) is 23.9 Å². The molecule has 0 aliphatic carbocycles. The summed E-state index contributed by atoms with van der Waals surface area (Å²) in [4.78, 5) is 30.4. The van der Waals surface area contributed by atoms with Gasteiger partial charge in [0.15, 0.2) is 5.16 Å². The van der Waals surface area contributed by atoms with E-state index >= 15 is 0 Å². The Bertz CT molecular complexity index is 1570. The van der Waals surface area contributed by atoms with Crippen LogP contribution in [0.25, 0.3) is 26.9 Å². The summed E-state index contributed by atoms with van der Waals surface area (Å²) in [6.07, 6.45) is 0.704. The molecule has 0 aliphatic heterocycles. The standard InChI is InChI=1S/C21H20N6O3S2/c1-25-19(29)17-15(8-11-31-17)27-16(23-24-20(25)27)12-32-21-22-14-7-4-3-6-13(14)18(28)26(21)9-5-10-30-2/h3-4,6-8,11H,5,9-10,12H2,1-2H3. The first kappa shape index (κ1) is 20.9. The SMILES string of the molecule is COCCCn1c(SCc2nnc3n(C)c(=O)c4sccc4n23)nc2ccccc2c1=O. The smallest absolute Gasteiger partial charge is 0.272 e. The molecule has 0 fully saturated rings. The van der Waals surface area contributed by atoms with E-state index in [1.807, 2.05) is 34.0 Å². The van der Waals surface area contributed by atoms with Gasteiger partial charge in [0.05, 0.1) is 22.2 Å². The highest BCUT2D eigenvalue weighted by Crippen LogP contribution is 2.25. The molecule has 32 heavy (non-hydrogen) atoms. The van der Waals surface area contributed by atoms with Crippen molar-refractivity contribution in [1.82, 2.24) is 28.7 Å². The minimum absolute atomic E-state index is 0.0667. The molecule has 0 unspecified atom stereocenters. The van der Waals surface area contributed by atoms with E-state index in [0.29, 0.717) is 57.7 Å². The number of thiophene rings is 1. The van der Waals surface area contributed by atoms with Crippen LogP contribution in [-0.2, 0) is 24.1 Å². The van der Waals surface area contributed by atoms with E-state index in [9.17, 15) is 9.59 Å². The minimum atomic E-state index is -0.0859. The fourth-order valence-electron chi connectivity index (χ4n) is 3.70. The molecular weight excluding hydrogens is 448 g/mol. The molecule has 0 amide bonds. The summed E-state index contributed by atoms with van der Waals surface area (Å²) in [6, 6.07) is 9.26. The second-order valence-corrected chi connectivity index (χ2v) is 9.11. The van der Waals surface area contributed by atoms with Gasteiger partial charge in [-0.25, -0.2) is 4.98 Å². The maximum atomic E-state index is 13.1. The average molecular weight is 469 g/mol. The van der Waals surface area contributed by atoms with Crippen LogP contribution in [-0.4, -0.2) is 42.4 Å². The zero-order valence-corrected chi connectivity index (χ0v) is 19.2. The monoisotopic (exact) mass is 468 g/mol. The number of nitrogens with zero attached hydrogens (tertiary/aromatic N) is 6. The Morgan fingerprint density at radius 1 is 1.12 bits per heavy atom. The Morgan fingerprint density at radius 3 is 2.81 bits per heavy atom. The van der Waals surface area contributed by atoms with Crippen LogP contribution >= 0.6 is 23.1 Å². The van der Waals surface area contributed by atoms with Gasteiger partial charge in [0.25, 0.3) is 11.1 Å². The van der Waals surface area contributed by atoms with Crippen molar-refractivity contribution in [1.29, 1.82) is 0 Å². The molecule has 1 aromatic carbocycles. The van der Waals surface area contributed by atoms with Crippen LogP contribution in [0.3, 0.4) is 0 Å². The molecule has 4 aromatic heterocycles.